The number of pyridine rings is 1. The second-order valence-corrected chi connectivity index (χ2v) is 4.81. The lowest BCUT2D eigenvalue weighted by molar-refractivity contribution is -0.0589. The Morgan fingerprint density at radius 3 is 2.75 bits per heavy atom. The number of hydrogen-bond donors (Lipinski definition) is 0. The largest absolute Gasteiger partial charge is 0.378 e. The minimum absolute atomic E-state index is 0.497. The molecule has 2 rings (SSSR count). The second-order valence-electron chi connectivity index (χ2n) is 4.81. The van der Waals surface area contributed by atoms with Crippen molar-refractivity contribution in [1.82, 2.24) is 9.88 Å². The third kappa shape index (κ3) is 2.60. The first-order valence-electron chi connectivity index (χ1n) is 5.90. The third-order valence-electron chi connectivity index (χ3n) is 3.08. The summed E-state index contributed by atoms with van der Waals surface area (Å²) in [5.74, 6) is 0.497. The highest BCUT2D eigenvalue weighted by Gasteiger charge is 2.23. The van der Waals surface area contributed by atoms with Crippen molar-refractivity contribution < 1.29 is 4.74 Å². The van der Waals surface area contributed by atoms with E-state index in [1.54, 1.807) is 0 Å². The number of hydrogen-bond acceptors (Lipinski definition) is 3. The van der Waals surface area contributed by atoms with Crippen molar-refractivity contribution in [3.63, 3.8) is 0 Å². The van der Waals surface area contributed by atoms with Crippen LogP contribution >= 0.6 is 0 Å². The highest BCUT2D eigenvalue weighted by molar-refractivity contribution is 5.13. The van der Waals surface area contributed by atoms with Crippen LogP contribution in [0.15, 0.2) is 18.2 Å². The molecule has 0 unspecified atom stereocenters. The average Bonchev–Trinajstić information content (AvgIpc) is 2.15. The standard InChI is InChI=1S/C13H20N2O/c1-10(2)13-6-4-5-11(14-13)7-15(3)12-8-16-9-12/h4-6,10,12H,7-9H2,1-3H3. The van der Waals surface area contributed by atoms with Crippen molar-refractivity contribution in [3.8, 4) is 0 Å². The predicted octanol–water partition coefficient (Wildman–Crippen LogP) is 2.04. The van der Waals surface area contributed by atoms with Crippen molar-refractivity contribution >= 4 is 0 Å². The number of aromatic nitrogens is 1. The number of ether oxygens (including phenoxy) is 1. The van der Waals surface area contributed by atoms with Gasteiger partial charge in [-0.1, -0.05) is 19.9 Å². The molecule has 0 aliphatic carbocycles. The lowest BCUT2D eigenvalue weighted by Gasteiger charge is -2.34. The summed E-state index contributed by atoms with van der Waals surface area (Å²) in [5.41, 5.74) is 2.33. The topological polar surface area (TPSA) is 25.4 Å². The first kappa shape index (κ1) is 11.6. The molecule has 88 valence electrons. The van der Waals surface area contributed by atoms with Crippen molar-refractivity contribution in [1.29, 1.82) is 0 Å². The quantitative estimate of drug-likeness (QED) is 0.776. The summed E-state index contributed by atoms with van der Waals surface area (Å²) in [7, 11) is 2.14. The Labute approximate surface area is 97.4 Å². The van der Waals surface area contributed by atoms with Gasteiger partial charge in [0, 0.05) is 12.2 Å². The van der Waals surface area contributed by atoms with E-state index in [1.807, 2.05) is 0 Å². The highest BCUT2D eigenvalue weighted by Crippen LogP contribution is 2.14. The van der Waals surface area contributed by atoms with E-state index in [-0.39, 0.29) is 0 Å². The van der Waals surface area contributed by atoms with E-state index in [2.05, 4.69) is 49.0 Å². The number of rotatable bonds is 4. The molecular formula is C13H20N2O. The fourth-order valence-corrected chi connectivity index (χ4v) is 1.77. The smallest absolute Gasteiger partial charge is 0.0645 e. The lowest BCUT2D eigenvalue weighted by atomic mass is 10.1. The summed E-state index contributed by atoms with van der Waals surface area (Å²) in [5, 5.41) is 0. The van der Waals surface area contributed by atoms with Crippen molar-refractivity contribution in [2.45, 2.75) is 32.4 Å². The van der Waals surface area contributed by atoms with Crippen LogP contribution in [0.2, 0.25) is 0 Å². The predicted molar refractivity (Wildman–Crippen MR) is 64.4 cm³/mol. The normalized spacial score (nSPS) is 16.8. The van der Waals surface area contributed by atoms with Gasteiger partial charge in [-0.2, -0.15) is 0 Å². The Balaban J connectivity index is 2.00. The van der Waals surface area contributed by atoms with Crippen LogP contribution in [0.1, 0.15) is 31.2 Å². The molecule has 0 amide bonds. The molecule has 16 heavy (non-hydrogen) atoms. The summed E-state index contributed by atoms with van der Waals surface area (Å²) < 4.78 is 5.19. The maximum Gasteiger partial charge on any atom is 0.0645 e. The third-order valence-corrected chi connectivity index (χ3v) is 3.08. The maximum absolute atomic E-state index is 5.19. The Bertz CT molecular complexity index is 348. The summed E-state index contributed by atoms with van der Waals surface area (Å²) in [6.07, 6.45) is 0. The molecule has 1 aromatic heterocycles. The zero-order valence-electron chi connectivity index (χ0n) is 10.3. The fourth-order valence-electron chi connectivity index (χ4n) is 1.77. The Morgan fingerprint density at radius 1 is 1.44 bits per heavy atom. The molecule has 1 aromatic rings. The highest BCUT2D eigenvalue weighted by atomic mass is 16.5. The molecule has 1 fully saturated rings. The molecule has 2 heterocycles. The molecule has 0 N–H and O–H groups in total. The van der Waals surface area contributed by atoms with Gasteiger partial charge in [0.15, 0.2) is 0 Å². The Morgan fingerprint density at radius 2 is 2.19 bits per heavy atom. The molecule has 3 nitrogen and oxygen atoms in total. The van der Waals surface area contributed by atoms with Gasteiger partial charge in [0.05, 0.1) is 24.9 Å². The van der Waals surface area contributed by atoms with Gasteiger partial charge in [0.25, 0.3) is 0 Å². The van der Waals surface area contributed by atoms with Crippen molar-refractivity contribution in [2.75, 3.05) is 20.3 Å². The molecule has 0 saturated carbocycles. The van der Waals surface area contributed by atoms with Crippen LogP contribution < -0.4 is 0 Å². The summed E-state index contributed by atoms with van der Waals surface area (Å²) in [6.45, 7) is 6.99. The Kier molecular flexibility index (Phi) is 3.56. The first-order chi connectivity index (χ1) is 7.66. The minimum Gasteiger partial charge on any atom is -0.378 e. The van der Waals surface area contributed by atoms with Crippen LogP contribution in [-0.2, 0) is 11.3 Å². The molecule has 0 spiro atoms. The van der Waals surface area contributed by atoms with E-state index in [9.17, 15) is 0 Å². The summed E-state index contributed by atoms with van der Waals surface area (Å²) in [6, 6.07) is 6.87. The van der Waals surface area contributed by atoms with Gasteiger partial charge >= 0.3 is 0 Å². The summed E-state index contributed by atoms with van der Waals surface area (Å²) >= 11 is 0. The monoisotopic (exact) mass is 220 g/mol. The first-order valence-corrected chi connectivity index (χ1v) is 5.90. The maximum atomic E-state index is 5.19. The molecule has 3 heteroatoms. The number of likely N-dealkylation sites (N-methyl/N-ethyl adjacent to an activating group) is 1. The van der Waals surface area contributed by atoms with Crippen molar-refractivity contribution in [3.05, 3.63) is 29.6 Å². The molecule has 0 atom stereocenters. The van der Waals surface area contributed by atoms with E-state index in [0.717, 1.165) is 25.5 Å². The minimum atomic E-state index is 0.497. The lowest BCUT2D eigenvalue weighted by Crippen LogP contribution is -2.46. The van der Waals surface area contributed by atoms with E-state index < -0.39 is 0 Å². The molecule has 0 radical (unpaired) electrons. The van der Waals surface area contributed by atoms with Gasteiger partial charge in [-0.05, 0) is 25.1 Å². The zero-order valence-corrected chi connectivity index (χ0v) is 10.3. The van der Waals surface area contributed by atoms with E-state index in [1.165, 1.54) is 5.69 Å². The van der Waals surface area contributed by atoms with Crippen LogP contribution in [0.25, 0.3) is 0 Å². The van der Waals surface area contributed by atoms with Crippen LogP contribution in [0.5, 0.6) is 0 Å². The number of nitrogens with zero attached hydrogens (tertiary/aromatic N) is 2. The van der Waals surface area contributed by atoms with E-state index in [0.29, 0.717) is 12.0 Å². The molecule has 0 bridgehead atoms. The van der Waals surface area contributed by atoms with Gasteiger partial charge in [-0.25, -0.2) is 0 Å². The molecule has 1 saturated heterocycles. The Hall–Kier alpha value is -0.930. The van der Waals surface area contributed by atoms with Gasteiger partial charge in [-0.3, -0.25) is 9.88 Å². The van der Waals surface area contributed by atoms with Crippen LogP contribution in [-0.4, -0.2) is 36.2 Å². The van der Waals surface area contributed by atoms with E-state index >= 15 is 0 Å². The van der Waals surface area contributed by atoms with Crippen LogP contribution in [0.3, 0.4) is 0 Å². The summed E-state index contributed by atoms with van der Waals surface area (Å²) in [4.78, 5) is 6.99. The van der Waals surface area contributed by atoms with Crippen LogP contribution in [0.4, 0.5) is 0 Å². The molecule has 1 aliphatic rings. The van der Waals surface area contributed by atoms with Gasteiger partial charge in [0.1, 0.15) is 0 Å². The molecular weight excluding hydrogens is 200 g/mol. The molecule has 0 aromatic carbocycles. The van der Waals surface area contributed by atoms with Crippen LogP contribution in [0, 0.1) is 0 Å². The average molecular weight is 220 g/mol. The van der Waals surface area contributed by atoms with Crippen molar-refractivity contribution in [2.24, 2.45) is 0 Å². The SMILES string of the molecule is CC(C)c1cccc(CN(C)C2COC2)n1. The van der Waals surface area contributed by atoms with E-state index in [4.69, 9.17) is 4.74 Å². The van der Waals surface area contributed by atoms with Gasteiger partial charge in [0.2, 0.25) is 0 Å². The molecule has 1 aliphatic heterocycles. The zero-order chi connectivity index (χ0) is 11.5. The van der Waals surface area contributed by atoms with Gasteiger partial charge < -0.3 is 4.74 Å². The second kappa shape index (κ2) is 4.93. The fraction of sp³-hybridized carbons (Fsp3) is 0.615. The van der Waals surface area contributed by atoms with Gasteiger partial charge in [-0.15, -0.1) is 0 Å².